The van der Waals surface area contributed by atoms with Crippen LogP contribution in [-0.4, -0.2) is 69.4 Å². The summed E-state index contributed by atoms with van der Waals surface area (Å²) >= 11 is 0. The highest BCUT2D eigenvalue weighted by Crippen LogP contribution is 2.38. The van der Waals surface area contributed by atoms with Gasteiger partial charge < -0.3 is 28.5 Å². The van der Waals surface area contributed by atoms with Gasteiger partial charge in [-0.05, 0) is 76.7 Å². The van der Waals surface area contributed by atoms with Crippen molar-refractivity contribution in [2.24, 2.45) is 0 Å². The van der Waals surface area contributed by atoms with Crippen LogP contribution in [0.1, 0.15) is 239 Å². The van der Waals surface area contributed by atoms with Crippen LogP contribution in [0.3, 0.4) is 0 Å². The maximum atomic E-state index is 13.4. The minimum absolute atomic E-state index is 0.0322. The molecule has 0 radical (unpaired) electrons. The van der Waals surface area contributed by atoms with Crippen molar-refractivity contribution in [2.75, 3.05) is 40.9 Å². The van der Waals surface area contributed by atoms with Crippen LogP contribution in [0.5, 0.6) is 0 Å². The van der Waals surface area contributed by atoms with E-state index in [1.165, 1.54) is 135 Å². The highest BCUT2D eigenvalue weighted by atomic mass is 31.2. The zero-order chi connectivity index (χ0) is 48.0. The third kappa shape index (κ3) is 46.9. The number of hydrogen-bond acceptors (Lipinski definition) is 7. The van der Waals surface area contributed by atoms with Gasteiger partial charge in [0.15, 0.2) is 0 Å². The zero-order valence-electron chi connectivity index (χ0n) is 43.2. The first-order valence-corrected chi connectivity index (χ1v) is 28.4. The monoisotopic (exact) mass is 935 g/mol. The number of phosphoric acid groups is 1. The minimum Gasteiger partial charge on any atom is -0.756 e. The lowest BCUT2D eigenvalue weighted by molar-refractivity contribution is -0.870. The predicted molar refractivity (Wildman–Crippen MR) is 275 cm³/mol. The quantitative estimate of drug-likeness (QED) is 0.0212. The second kappa shape index (κ2) is 45.7. The Morgan fingerprint density at radius 2 is 0.954 bits per heavy atom. The smallest absolute Gasteiger partial charge is 0.306 e. The maximum Gasteiger partial charge on any atom is 0.306 e. The number of ether oxygens (including phenoxy) is 1. The van der Waals surface area contributed by atoms with Crippen LogP contribution in [0, 0.1) is 0 Å². The molecule has 1 amide bonds. The molecule has 3 atom stereocenters. The Kier molecular flexibility index (Phi) is 44.3. The summed E-state index contributed by atoms with van der Waals surface area (Å²) in [5.41, 5.74) is 0. The number of amides is 1. The van der Waals surface area contributed by atoms with Gasteiger partial charge in [0, 0.05) is 12.8 Å². The van der Waals surface area contributed by atoms with Crippen LogP contribution in [0.4, 0.5) is 0 Å². The Morgan fingerprint density at radius 1 is 0.538 bits per heavy atom. The van der Waals surface area contributed by atoms with Gasteiger partial charge in [-0.25, -0.2) is 0 Å². The number of carbonyl (C=O) groups excluding carboxylic acids is 2. The standard InChI is InChI=1S/C55H103N2O7P/c1-7-10-13-16-19-22-25-27-28-30-33-36-39-42-45-48-55(59)64-53(46-43-40-37-34-31-24-21-18-15-12-9-3)52(51-63-65(60,61)62-50-49-57(4,5)6)56-54(58)47-44-41-38-35-32-29-26-23-20-17-14-11-8-2/h22,25,29,32,38,41,43,46,52-53H,7-21,23-24,26-28,30-31,33-37,39-40,42,44-45,47-51H2,1-6H3,(H-,56,58,60,61)/b25-22-,32-29-,41-38+,46-43+. The van der Waals surface area contributed by atoms with Crippen LogP contribution in [0.15, 0.2) is 48.6 Å². The summed E-state index contributed by atoms with van der Waals surface area (Å²) in [6.45, 7) is 6.76. The first-order valence-electron chi connectivity index (χ1n) is 26.9. The van der Waals surface area contributed by atoms with E-state index in [-0.39, 0.29) is 31.3 Å². The van der Waals surface area contributed by atoms with Crippen LogP contribution in [0.2, 0.25) is 0 Å². The van der Waals surface area contributed by atoms with Crippen molar-refractivity contribution in [3.63, 3.8) is 0 Å². The molecule has 0 spiro atoms. The molecule has 0 aliphatic rings. The van der Waals surface area contributed by atoms with Gasteiger partial charge in [0.2, 0.25) is 5.91 Å². The van der Waals surface area contributed by atoms with Gasteiger partial charge in [-0.2, -0.15) is 0 Å². The Bertz CT molecular complexity index is 1260. The number of carbonyl (C=O) groups is 2. The molecule has 0 bridgehead atoms. The third-order valence-electron chi connectivity index (χ3n) is 11.7. The molecule has 0 aromatic carbocycles. The van der Waals surface area contributed by atoms with E-state index >= 15 is 0 Å². The van der Waals surface area contributed by atoms with Crippen molar-refractivity contribution in [1.29, 1.82) is 0 Å². The highest BCUT2D eigenvalue weighted by molar-refractivity contribution is 7.45. The molecule has 3 unspecified atom stereocenters. The molecular formula is C55H103N2O7P. The molecule has 0 aromatic rings. The van der Waals surface area contributed by atoms with E-state index in [2.05, 4.69) is 56.5 Å². The molecule has 0 heterocycles. The number of rotatable bonds is 48. The average Bonchev–Trinajstić information content (AvgIpc) is 3.26. The molecule has 0 fully saturated rings. The molecule has 10 heteroatoms. The number of esters is 1. The minimum atomic E-state index is -4.70. The molecule has 0 aromatic heterocycles. The molecule has 1 N–H and O–H groups in total. The molecular weight excluding hydrogens is 832 g/mol. The number of allylic oxidation sites excluding steroid dienone is 7. The number of phosphoric ester groups is 1. The number of likely N-dealkylation sites (N-methyl/N-ethyl adjacent to an activating group) is 1. The number of nitrogens with one attached hydrogen (secondary N) is 1. The second-order valence-corrected chi connectivity index (χ2v) is 20.8. The van der Waals surface area contributed by atoms with Crippen molar-refractivity contribution in [3.8, 4) is 0 Å². The van der Waals surface area contributed by atoms with E-state index in [0.717, 1.165) is 64.2 Å². The Morgan fingerprint density at radius 3 is 1.45 bits per heavy atom. The van der Waals surface area contributed by atoms with Gasteiger partial charge in [0.1, 0.15) is 19.3 Å². The summed E-state index contributed by atoms with van der Waals surface area (Å²) in [5, 5.41) is 2.97. The third-order valence-corrected chi connectivity index (χ3v) is 12.7. The zero-order valence-corrected chi connectivity index (χ0v) is 44.1. The predicted octanol–water partition coefficient (Wildman–Crippen LogP) is 15.1. The van der Waals surface area contributed by atoms with Gasteiger partial charge in [0.25, 0.3) is 7.82 Å². The first kappa shape index (κ1) is 63.0. The van der Waals surface area contributed by atoms with Gasteiger partial charge in [-0.15, -0.1) is 0 Å². The number of nitrogens with zero attached hydrogens (tertiary/aromatic N) is 1. The average molecular weight is 935 g/mol. The van der Waals surface area contributed by atoms with Crippen LogP contribution >= 0.6 is 7.82 Å². The number of quaternary nitrogens is 1. The van der Waals surface area contributed by atoms with Crippen molar-refractivity contribution >= 4 is 19.7 Å². The first-order chi connectivity index (χ1) is 31.4. The fourth-order valence-corrected chi connectivity index (χ4v) is 8.23. The lowest BCUT2D eigenvalue weighted by atomic mass is 10.1. The van der Waals surface area contributed by atoms with E-state index in [0.29, 0.717) is 17.4 Å². The van der Waals surface area contributed by atoms with E-state index in [1.54, 1.807) is 0 Å². The molecule has 0 saturated carbocycles. The lowest BCUT2D eigenvalue weighted by Gasteiger charge is -2.30. The summed E-state index contributed by atoms with van der Waals surface area (Å²) in [5.74, 6) is -0.624. The highest BCUT2D eigenvalue weighted by Gasteiger charge is 2.27. The topological polar surface area (TPSA) is 114 Å². The molecule has 380 valence electrons. The summed E-state index contributed by atoms with van der Waals surface area (Å²) < 4.78 is 30.1. The van der Waals surface area contributed by atoms with Crippen LogP contribution in [-0.2, 0) is 27.9 Å². The van der Waals surface area contributed by atoms with E-state index in [4.69, 9.17) is 13.8 Å². The number of hydrogen-bond donors (Lipinski definition) is 1. The van der Waals surface area contributed by atoms with Crippen LogP contribution in [0.25, 0.3) is 0 Å². The van der Waals surface area contributed by atoms with E-state index < -0.39 is 26.6 Å². The van der Waals surface area contributed by atoms with Gasteiger partial charge in [-0.1, -0.05) is 198 Å². The maximum absolute atomic E-state index is 13.4. The van der Waals surface area contributed by atoms with Gasteiger partial charge in [0.05, 0.1) is 33.8 Å². The van der Waals surface area contributed by atoms with Crippen LogP contribution < -0.4 is 10.2 Å². The largest absolute Gasteiger partial charge is 0.756 e. The Balaban J connectivity index is 5.46. The lowest BCUT2D eigenvalue weighted by Crippen LogP contribution is -2.47. The summed E-state index contributed by atoms with van der Waals surface area (Å²) in [6, 6.07) is -0.917. The Labute approximate surface area is 401 Å². The van der Waals surface area contributed by atoms with Crippen molar-refractivity contribution in [1.82, 2.24) is 5.32 Å². The molecule has 0 aliphatic carbocycles. The molecule has 0 saturated heterocycles. The summed E-state index contributed by atoms with van der Waals surface area (Å²) in [4.78, 5) is 39.6. The Hall–Kier alpha value is -2.03. The fourth-order valence-electron chi connectivity index (χ4n) is 7.51. The van der Waals surface area contributed by atoms with Crippen molar-refractivity contribution < 1.29 is 37.3 Å². The SMILES string of the molecule is CCCCCC/C=C\CCCCCCCCCC(=O)OC(/C=C/CCCCCCCCCCC)C(COP(=O)([O-])OCC[N+](C)(C)C)NC(=O)CC/C=C/C/C=C\CCCCCCCC. The number of unbranched alkanes of at least 4 members (excludes halogenated alkanes) is 26. The normalized spacial score (nSPS) is 14.3. The van der Waals surface area contributed by atoms with E-state index in [9.17, 15) is 19.0 Å². The molecule has 0 rings (SSSR count). The molecule has 9 nitrogen and oxygen atoms in total. The van der Waals surface area contributed by atoms with Crippen molar-refractivity contribution in [2.45, 2.75) is 251 Å². The second-order valence-electron chi connectivity index (χ2n) is 19.4. The summed E-state index contributed by atoms with van der Waals surface area (Å²) in [7, 11) is 1.15. The van der Waals surface area contributed by atoms with Gasteiger partial charge in [-0.3, -0.25) is 14.2 Å². The molecule has 65 heavy (non-hydrogen) atoms. The van der Waals surface area contributed by atoms with Gasteiger partial charge >= 0.3 is 5.97 Å². The van der Waals surface area contributed by atoms with E-state index in [1.807, 2.05) is 39.4 Å². The van der Waals surface area contributed by atoms with Crippen molar-refractivity contribution in [3.05, 3.63) is 48.6 Å². The fraction of sp³-hybridized carbons (Fsp3) is 0.818. The summed E-state index contributed by atoms with van der Waals surface area (Å²) in [6.07, 6.45) is 53.8. The molecule has 0 aliphatic heterocycles.